The van der Waals surface area contributed by atoms with Gasteiger partial charge in [0.15, 0.2) is 0 Å². The Hall–Kier alpha value is -2.34. The van der Waals surface area contributed by atoms with Crippen molar-refractivity contribution in [3.8, 4) is 5.75 Å². The molecular formula is C22H27BrN2O3. The Kier molecular flexibility index (Phi) is 9.01. The van der Waals surface area contributed by atoms with Crippen molar-refractivity contribution in [2.75, 3.05) is 18.5 Å². The van der Waals surface area contributed by atoms with E-state index in [-0.39, 0.29) is 11.8 Å². The second kappa shape index (κ2) is 11.5. The maximum Gasteiger partial charge on any atom is 0.255 e. The van der Waals surface area contributed by atoms with Crippen LogP contribution in [0.1, 0.15) is 60.2 Å². The van der Waals surface area contributed by atoms with Gasteiger partial charge in [-0.2, -0.15) is 0 Å². The Morgan fingerprint density at radius 3 is 2.46 bits per heavy atom. The molecule has 2 aromatic rings. The second-order valence-electron chi connectivity index (χ2n) is 6.45. The van der Waals surface area contributed by atoms with Crippen LogP contribution >= 0.6 is 15.9 Å². The SMILES string of the molecule is CCCCCCOc1ccc(C(=O)Nc2cccc(C(=O)NCC)c2)cc1Br. The lowest BCUT2D eigenvalue weighted by molar-refractivity contribution is 0.0954. The predicted molar refractivity (Wildman–Crippen MR) is 116 cm³/mol. The molecule has 0 aliphatic carbocycles. The summed E-state index contributed by atoms with van der Waals surface area (Å²) >= 11 is 3.47. The third-order valence-corrected chi connectivity index (χ3v) is 4.79. The normalized spacial score (nSPS) is 10.4. The maximum atomic E-state index is 12.5. The lowest BCUT2D eigenvalue weighted by atomic mass is 10.1. The maximum absolute atomic E-state index is 12.5. The molecule has 150 valence electrons. The van der Waals surface area contributed by atoms with Gasteiger partial charge in [-0.3, -0.25) is 9.59 Å². The summed E-state index contributed by atoms with van der Waals surface area (Å²) in [4.78, 5) is 24.5. The number of halogens is 1. The number of hydrogen-bond donors (Lipinski definition) is 2. The number of carbonyl (C=O) groups is 2. The molecule has 6 heteroatoms. The van der Waals surface area contributed by atoms with E-state index in [1.165, 1.54) is 12.8 Å². The van der Waals surface area contributed by atoms with Crippen LogP contribution in [-0.2, 0) is 0 Å². The highest BCUT2D eigenvalue weighted by molar-refractivity contribution is 9.10. The van der Waals surface area contributed by atoms with Crippen molar-refractivity contribution in [2.24, 2.45) is 0 Å². The predicted octanol–water partition coefficient (Wildman–Crippen LogP) is 5.41. The standard InChI is InChI=1S/C22H27BrN2O3/c1-3-5-6-7-13-28-20-12-11-17(15-19(20)23)22(27)25-18-10-8-9-16(14-18)21(26)24-4-2/h8-12,14-15H,3-7,13H2,1-2H3,(H,24,26)(H,25,27). The molecule has 0 aromatic heterocycles. The number of hydrogen-bond acceptors (Lipinski definition) is 3. The summed E-state index contributed by atoms with van der Waals surface area (Å²) in [5.74, 6) is 0.316. The molecule has 2 amide bonds. The van der Waals surface area contributed by atoms with Gasteiger partial charge in [0.1, 0.15) is 5.75 Å². The van der Waals surface area contributed by atoms with Crippen LogP contribution in [0.25, 0.3) is 0 Å². The van der Waals surface area contributed by atoms with Gasteiger partial charge in [-0.15, -0.1) is 0 Å². The monoisotopic (exact) mass is 446 g/mol. The number of carbonyl (C=O) groups excluding carboxylic acids is 2. The highest BCUT2D eigenvalue weighted by atomic mass is 79.9. The number of benzene rings is 2. The van der Waals surface area contributed by atoms with E-state index in [0.29, 0.717) is 30.0 Å². The quantitative estimate of drug-likeness (QED) is 0.479. The first kappa shape index (κ1) is 22.0. The van der Waals surface area contributed by atoms with E-state index < -0.39 is 0 Å². The highest BCUT2D eigenvalue weighted by Gasteiger charge is 2.11. The van der Waals surface area contributed by atoms with E-state index in [1.54, 1.807) is 42.5 Å². The van der Waals surface area contributed by atoms with Gasteiger partial charge in [-0.05, 0) is 65.7 Å². The zero-order chi connectivity index (χ0) is 20.4. The molecule has 2 N–H and O–H groups in total. The second-order valence-corrected chi connectivity index (χ2v) is 7.30. The topological polar surface area (TPSA) is 67.4 Å². The van der Waals surface area contributed by atoms with E-state index >= 15 is 0 Å². The lowest BCUT2D eigenvalue weighted by Gasteiger charge is -2.11. The van der Waals surface area contributed by atoms with Gasteiger partial charge < -0.3 is 15.4 Å². The Bertz CT molecular complexity index is 808. The van der Waals surface area contributed by atoms with Crippen LogP contribution in [0.4, 0.5) is 5.69 Å². The van der Waals surface area contributed by atoms with E-state index in [1.807, 2.05) is 6.92 Å². The molecule has 0 radical (unpaired) electrons. The molecule has 0 heterocycles. The summed E-state index contributed by atoms with van der Waals surface area (Å²) in [5, 5.41) is 5.57. The molecule has 2 rings (SSSR count). The van der Waals surface area contributed by atoms with Gasteiger partial charge in [0, 0.05) is 23.4 Å². The summed E-state index contributed by atoms with van der Waals surface area (Å²) < 4.78 is 6.52. The molecule has 2 aromatic carbocycles. The molecule has 0 aliphatic heterocycles. The van der Waals surface area contributed by atoms with Crippen LogP contribution in [-0.4, -0.2) is 25.0 Å². The third kappa shape index (κ3) is 6.68. The summed E-state index contributed by atoms with van der Waals surface area (Å²) in [7, 11) is 0. The van der Waals surface area contributed by atoms with Crippen LogP contribution in [0, 0.1) is 0 Å². The van der Waals surface area contributed by atoms with Crippen molar-refractivity contribution in [3.63, 3.8) is 0 Å². The van der Waals surface area contributed by atoms with Crippen molar-refractivity contribution in [1.82, 2.24) is 5.32 Å². The molecule has 0 saturated heterocycles. The fourth-order valence-electron chi connectivity index (χ4n) is 2.67. The molecule has 0 atom stereocenters. The van der Waals surface area contributed by atoms with Crippen LogP contribution in [0.15, 0.2) is 46.9 Å². The van der Waals surface area contributed by atoms with Crippen molar-refractivity contribution < 1.29 is 14.3 Å². The molecule has 5 nitrogen and oxygen atoms in total. The molecule has 0 fully saturated rings. The number of ether oxygens (including phenoxy) is 1. The fourth-order valence-corrected chi connectivity index (χ4v) is 3.17. The Morgan fingerprint density at radius 2 is 1.75 bits per heavy atom. The smallest absolute Gasteiger partial charge is 0.255 e. The number of anilines is 1. The van der Waals surface area contributed by atoms with E-state index in [0.717, 1.165) is 23.1 Å². The van der Waals surface area contributed by atoms with Crippen LogP contribution in [0.2, 0.25) is 0 Å². The van der Waals surface area contributed by atoms with Gasteiger partial charge >= 0.3 is 0 Å². The van der Waals surface area contributed by atoms with Gasteiger partial charge in [-0.1, -0.05) is 32.3 Å². The molecule has 0 bridgehead atoms. The summed E-state index contributed by atoms with van der Waals surface area (Å²) in [5.41, 5.74) is 1.59. The first-order valence-electron chi connectivity index (χ1n) is 9.67. The van der Waals surface area contributed by atoms with Crippen molar-refractivity contribution >= 4 is 33.4 Å². The average molecular weight is 447 g/mol. The van der Waals surface area contributed by atoms with E-state index in [9.17, 15) is 9.59 Å². The number of unbranched alkanes of at least 4 members (excludes halogenated alkanes) is 3. The average Bonchev–Trinajstić information content (AvgIpc) is 2.69. The fraction of sp³-hybridized carbons (Fsp3) is 0.364. The zero-order valence-corrected chi connectivity index (χ0v) is 18.0. The van der Waals surface area contributed by atoms with E-state index in [2.05, 4.69) is 33.5 Å². The highest BCUT2D eigenvalue weighted by Crippen LogP contribution is 2.27. The first-order valence-corrected chi connectivity index (χ1v) is 10.5. The minimum absolute atomic E-state index is 0.165. The minimum atomic E-state index is -0.247. The molecule has 0 unspecified atom stereocenters. The Morgan fingerprint density at radius 1 is 0.964 bits per heavy atom. The molecule has 0 saturated carbocycles. The number of nitrogens with one attached hydrogen (secondary N) is 2. The van der Waals surface area contributed by atoms with Crippen LogP contribution in [0.5, 0.6) is 5.75 Å². The van der Waals surface area contributed by atoms with Crippen LogP contribution in [0.3, 0.4) is 0 Å². The minimum Gasteiger partial charge on any atom is -0.492 e. The molecule has 0 aliphatic rings. The summed E-state index contributed by atoms with van der Waals surface area (Å²) in [6.07, 6.45) is 4.58. The number of rotatable bonds is 10. The summed E-state index contributed by atoms with van der Waals surface area (Å²) in [6.45, 7) is 5.25. The Labute approximate surface area is 175 Å². The van der Waals surface area contributed by atoms with Gasteiger partial charge in [0.25, 0.3) is 11.8 Å². The van der Waals surface area contributed by atoms with Gasteiger partial charge in [0.05, 0.1) is 11.1 Å². The lowest BCUT2D eigenvalue weighted by Crippen LogP contribution is -2.22. The van der Waals surface area contributed by atoms with Gasteiger partial charge in [0.2, 0.25) is 0 Å². The van der Waals surface area contributed by atoms with Crippen LogP contribution < -0.4 is 15.4 Å². The Balaban J connectivity index is 1.98. The molecular weight excluding hydrogens is 420 g/mol. The van der Waals surface area contributed by atoms with Crippen molar-refractivity contribution in [3.05, 3.63) is 58.1 Å². The van der Waals surface area contributed by atoms with E-state index in [4.69, 9.17) is 4.74 Å². The molecule has 0 spiro atoms. The van der Waals surface area contributed by atoms with Crippen molar-refractivity contribution in [2.45, 2.75) is 39.5 Å². The van der Waals surface area contributed by atoms with Crippen molar-refractivity contribution in [1.29, 1.82) is 0 Å². The third-order valence-electron chi connectivity index (χ3n) is 4.17. The van der Waals surface area contributed by atoms with Gasteiger partial charge in [-0.25, -0.2) is 0 Å². The summed E-state index contributed by atoms with van der Waals surface area (Å²) in [6, 6.07) is 12.1. The zero-order valence-electron chi connectivity index (χ0n) is 16.4. The largest absolute Gasteiger partial charge is 0.492 e. The number of amides is 2. The first-order chi connectivity index (χ1) is 13.5. The molecule has 28 heavy (non-hydrogen) atoms.